The summed E-state index contributed by atoms with van der Waals surface area (Å²) >= 11 is 0. The Morgan fingerprint density at radius 1 is 0.914 bits per heavy atom. The Hall–Kier alpha value is -3.97. The lowest BCUT2D eigenvalue weighted by molar-refractivity contribution is -0.660. The van der Waals surface area contributed by atoms with E-state index < -0.39 is 0 Å². The summed E-state index contributed by atoms with van der Waals surface area (Å²) in [4.78, 5) is 4.85. The minimum absolute atomic E-state index is 0.581. The molecule has 3 aromatic heterocycles. The van der Waals surface area contributed by atoms with Crippen LogP contribution in [0.3, 0.4) is 0 Å². The second-order valence-corrected chi connectivity index (χ2v) is 9.72. The fraction of sp³-hybridized carbons (Fsp3) is 0.258. The van der Waals surface area contributed by atoms with Crippen molar-refractivity contribution >= 4 is 21.9 Å². The van der Waals surface area contributed by atoms with Crippen LogP contribution in [0.5, 0.6) is 0 Å². The number of hydrogen-bond acceptors (Lipinski definition) is 3. The molecule has 0 amide bonds. The zero-order chi connectivity index (χ0) is 23.9. The highest BCUT2D eigenvalue weighted by atomic mass is 16.3. The van der Waals surface area contributed by atoms with Gasteiger partial charge in [-0.05, 0) is 61.1 Å². The normalized spacial score (nSPS) is 14.4. The molecule has 0 saturated heterocycles. The first-order valence-electron chi connectivity index (χ1n) is 12.5. The summed E-state index contributed by atoms with van der Waals surface area (Å²) in [5.74, 6) is 0.597. The lowest BCUT2D eigenvalue weighted by Gasteiger charge is -2.21. The van der Waals surface area contributed by atoms with E-state index in [-0.39, 0.29) is 0 Å². The summed E-state index contributed by atoms with van der Waals surface area (Å²) in [6.07, 6.45) is 10.5. The molecule has 4 heteroatoms. The fourth-order valence-electron chi connectivity index (χ4n) is 5.68. The standard InChI is InChI=1S/C31H28N3O/c1-20-11-14-24-25-15-12-22(18-32)29(26-16-13-23(19-33-26)21-8-4-3-5-9-21)31(25)35-30(24)28(20)27-10-6-7-17-34(27)2/h6-7,10-17,19,21H,3-5,8-9H2,1-2H3/q+1. The summed E-state index contributed by atoms with van der Waals surface area (Å²) in [5, 5.41) is 12.0. The van der Waals surface area contributed by atoms with E-state index >= 15 is 0 Å². The van der Waals surface area contributed by atoms with Crippen molar-refractivity contribution in [3.8, 4) is 28.6 Å². The molecule has 2 aromatic carbocycles. The Morgan fingerprint density at radius 2 is 1.69 bits per heavy atom. The first kappa shape index (κ1) is 21.6. The number of aromatic nitrogens is 2. The summed E-state index contributed by atoms with van der Waals surface area (Å²) < 4.78 is 8.76. The summed E-state index contributed by atoms with van der Waals surface area (Å²) in [6.45, 7) is 2.11. The van der Waals surface area contributed by atoms with Gasteiger partial charge < -0.3 is 4.42 Å². The maximum Gasteiger partial charge on any atom is 0.216 e. The van der Waals surface area contributed by atoms with Gasteiger partial charge in [0.15, 0.2) is 6.20 Å². The number of fused-ring (bicyclic) bond motifs is 3. The number of nitriles is 1. The third kappa shape index (κ3) is 3.59. The van der Waals surface area contributed by atoms with Crippen molar-refractivity contribution in [2.24, 2.45) is 7.05 Å². The van der Waals surface area contributed by atoms with Gasteiger partial charge in [-0.1, -0.05) is 37.5 Å². The number of benzene rings is 2. The number of pyridine rings is 2. The predicted molar refractivity (Wildman–Crippen MR) is 139 cm³/mol. The van der Waals surface area contributed by atoms with Gasteiger partial charge in [-0.15, -0.1) is 0 Å². The fourth-order valence-corrected chi connectivity index (χ4v) is 5.68. The molecule has 6 rings (SSSR count). The Kier molecular flexibility index (Phi) is 5.34. The number of furan rings is 1. The zero-order valence-corrected chi connectivity index (χ0v) is 20.2. The van der Waals surface area contributed by atoms with E-state index in [4.69, 9.17) is 9.40 Å². The minimum Gasteiger partial charge on any atom is -0.454 e. The minimum atomic E-state index is 0.581. The number of nitrogens with zero attached hydrogens (tertiary/aromatic N) is 3. The van der Waals surface area contributed by atoms with Gasteiger partial charge >= 0.3 is 0 Å². The van der Waals surface area contributed by atoms with Crippen LogP contribution in [0, 0.1) is 18.3 Å². The van der Waals surface area contributed by atoms with Crippen LogP contribution in [0.25, 0.3) is 44.5 Å². The maximum atomic E-state index is 9.96. The highest BCUT2D eigenvalue weighted by Gasteiger charge is 2.23. The molecule has 0 spiro atoms. The quantitative estimate of drug-likeness (QED) is 0.265. The number of hydrogen-bond donors (Lipinski definition) is 0. The van der Waals surface area contributed by atoms with Crippen LogP contribution in [-0.4, -0.2) is 4.98 Å². The molecule has 4 nitrogen and oxygen atoms in total. The van der Waals surface area contributed by atoms with E-state index in [1.165, 1.54) is 37.7 Å². The zero-order valence-electron chi connectivity index (χ0n) is 20.2. The van der Waals surface area contributed by atoms with E-state index in [0.29, 0.717) is 11.5 Å². The largest absolute Gasteiger partial charge is 0.454 e. The highest BCUT2D eigenvalue weighted by molar-refractivity contribution is 6.13. The van der Waals surface area contributed by atoms with Crippen molar-refractivity contribution in [1.82, 2.24) is 4.98 Å². The molecule has 0 radical (unpaired) electrons. The van der Waals surface area contributed by atoms with Crippen molar-refractivity contribution in [2.45, 2.75) is 44.9 Å². The molecule has 0 aliphatic heterocycles. The number of aryl methyl sites for hydroxylation is 2. The van der Waals surface area contributed by atoms with Crippen LogP contribution >= 0.6 is 0 Å². The van der Waals surface area contributed by atoms with Crippen LogP contribution < -0.4 is 4.57 Å². The van der Waals surface area contributed by atoms with Crippen molar-refractivity contribution in [2.75, 3.05) is 0 Å². The van der Waals surface area contributed by atoms with Gasteiger partial charge in [0.1, 0.15) is 18.2 Å². The van der Waals surface area contributed by atoms with Gasteiger partial charge in [0.25, 0.3) is 0 Å². The molecule has 0 N–H and O–H groups in total. The van der Waals surface area contributed by atoms with Crippen molar-refractivity contribution in [1.29, 1.82) is 5.26 Å². The Labute approximate surface area is 205 Å². The van der Waals surface area contributed by atoms with E-state index in [1.807, 2.05) is 43.7 Å². The van der Waals surface area contributed by atoms with Gasteiger partial charge in [0.05, 0.1) is 28.5 Å². The van der Waals surface area contributed by atoms with Crippen LogP contribution in [0.1, 0.15) is 54.7 Å². The van der Waals surface area contributed by atoms with E-state index in [9.17, 15) is 5.26 Å². The van der Waals surface area contributed by atoms with Gasteiger partial charge in [-0.3, -0.25) is 4.98 Å². The van der Waals surface area contributed by atoms with Gasteiger partial charge in [0, 0.05) is 29.1 Å². The number of rotatable bonds is 3. The van der Waals surface area contributed by atoms with Crippen LogP contribution in [0.4, 0.5) is 0 Å². The Bertz CT molecular complexity index is 1600. The molecule has 1 aliphatic rings. The van der Waals surface area contributed by atoms with E-state index in [2.05, 4.69) is 47.9 Å². The van der Waals surface area contributed by atoms with E-state index in [0.717, 1.165) is 50.0 Å². The molecule has 1 aliphatic carbocycles. The highest BCUT2D eigenvalue weighted by Crippen LogP contribution is 2.41. The molecule has 0 bridgehead atoms. The lowest BCUT2D eigenvalue weighted by Crippen LogP contribution is -2.30. The van der Waals surface area contributed by atoms with Gasteiger partial charge in [-0.25, -0.2) is 4.57 Å². The van der Waals surface area contributed by atoms with Crippen molar-refractivity contribution in [3.05, 3.63) is 83.7 Å². The summed E-state index contributed by atoms with van der Waals surface area (Å²) in [6, 6.07) is 21.0. The second-order valence-electron chi connectivity index (χ2n) is 9.72. The van der Waals surface area contributed by atoms with E-state index in [1.54, 1.807) is 0 Å². The first-order valence-corrected chi connectivity index (χ1v) is 12.5. The molecule has 5 aromatic rings. The molecule has 0 unspecified atom stereocenters. The average molecular weight is 459 g/mol. The second kappa shape index (κ2) is 8.67. The molecule has 0 atom stereocenters. The molecule has 1 fully saturated rings. The smallest absolute Gasteiger partial charge is 0.216 e. The monoisotopic (exact) mass is 458 g/mol. The van der Waals surface area contributed by atoms with Crippen LogP contribution in [-0.2, 0) is 7.05 Å². The van der Waals surface area contributed by atoms with Crippen LogP contribution in [0.15, 0.2) is 71.4 Å². The Balaban J connectivity index is 1.57. The molecular formula is C31H28N3O+. The molecule has 3 heterocycles. The molecule has 172 valence electrons. The van der Waals surface area contributed by atoms with Gasteiger partial charge in [-0.2, -0.15) is 5.26 Å². The maximum absolute atomic E-state index is 9.96. The molecule has 35 heavy (non-hydrogen) atoms. The van der Waals surface area contributed by atoms with Crippen LogP contribution in [0.2, 0.25) is 0 Å². The summed E-state index contributed by atoms with van der Waals surface area (Å²) in [5.41, 5.74) is 8.33. The topological polar surface area (TPSA) is 53.7 Å². The van der Waals surface area contributed by atoms with Crippen molar-refractivity contribution in [3.63, 3.8) is 0 Å². The SMILES string of the molecule is Cc1ccc2c(oc3c(-c4ccc(C5CCCCC5)cn4)c(C#N)ccc32)c1-c1cccc[n+]1C. The first-order chi connectivity index (χ1) is 17.2. The average Bonchev–Trinajstić information content (AvgIpc) is 3.28. The lowest BCUT2D eigenvalue weighted by atomic mass is 9.84. The third-order valence-corrected chi connectivity index (χ3v) is 7.57. The molecule has 1 saturated carbocycles. The third-order valence-electron chi connectivity index (χ3n) is 7.57. The van der Waals surface area contributed by atoms with Crippen molar-refractivity contribution < 1.29 is 8.98 Å². The predicted octanol–water partition coefficient (Wildman–Crippen LogP) is 7.37. The summed E-state index contributed by atoms with van der Waals surface area (Å²) in [7, 11) is 2.05. The van der Waals surface area contributed by atoms with Gasteiger partial charge in [0.2, 0.25) is 5.69 Å². The molecular weight excluding hydrogens is 430 g/mol. The Morgan fingerprint density at radius 3 is 2.40 bits per heavy atom.